The Bertz CT molecular complexity index is 636. The highest BCUT2D eigenvalue weighted by molar-refractivity contribution is 7.10. The fourth-order valence-corrected chi connectivity index (χ4v) is 3.12. The first-order chi connectivity index (χ1) is 10.2. The molecule has 0 radical (unpaired) electrons. The Morgan fingerprint density at radius 1 is 1.24 bits per heavy atom. The second kappa shape index (κ2) is 7.99. The lowest BCUT2D eigenvalue weighted by molar-refractivity contribution is 0.305. The highest BCUT2D eigenvalue weighted by Crippen LogP contribution is 2.19. The zero-order valence-electron chi connectivity index (χ0n) is 12.6. The van der Waals surface area contributed by atoms with Crippen molar-refractivity contribution in [3.05, 3.63) is 57.3 Å². The molecule has 0 fully saturated rings. The van der Waals surface area contributed by atoms with Crippen molar-refractivity contribution < 1.29 is 5.11 Å². The van der Waals surface area contributed by atoms with Crippen LogP contribution in [0.4, 0.5) is 0 Å². The zero-order chi connectivity index (χ0) is 15.1. The molecule has 0 saturated heterocycles. The molecule has 0 spiro atoms. The van der Waals surface area contributed by atoms with E-state index < -0.39 is 0 Å². The Hall–Kier alpha value is -1.60. The van der Waals surface area contributed by atoms with Crippen LogP contribution in [-0.4, -0.2) is 23.7 Å². The van der Waals surface area contributed by atoms with Gasteiger partial charge < -0.3 is 5.11 Å². The molecule has 1 aromatic carbocycles. The zero-order valence-corrected chi connectivity index (χ0v) is 13.4. The molecule has 21 heavy (non-hydrogen) atoms. The topological polar surface area (TPSA) is 23.5 Å². The summed E-state index contributed by atoms with van der Waals surface area (Å²) in [6.07, 6.45) is 0.536. The fraction of sp³-hybridized carbons (Fsp3) is 0.333. The van der Waals surface area contributed by atoms with Crippen LogP contribution in [-0.2, 0) is 13.1 Å². The normalized spacial score (nSPS) is 10.5. The van der Waals surface area contributed by atoms with Gasteiger partial charge in [0.15, 0.2) is 0 Å². The number of rotatable bonds is 5. The van der Waals surface area contributed by atoms with Gasteiger partial charge >= 0.3 is 0 Å². The van der Waals surface area contributed by atoms with Gasteiger partial charge in [-0.25, -0.2) is 0 Å². The molecular weight excluding hydrogens is 278 g/mol. The summed E-state index contributed by atoms with van der Waals surface area (Å²) in [4.78, 5) is 3.59. The predicted molar refractivity (Wildman–Crippen MR) is 89.2 cm³/mol. The first kappa shape index (κ1) is 15.8. The summed E-state index contributed by atoms with van der Waals surface area (Å²) in [6, 6.07) is 10.7. The quantitative estimate of drug-likeness (QED) is 0.855. The molecule has 1 heterocycles. The highest BCUT2D eigenvalue weighted by atomic mass is 32.1. The minimum atomic E-state index is 0.125. The molecule has 3 heteroatoms. The van der Waals surface area contributed by atoms with E-state index in [0.29, 0.717) is 6.42 Å². The van der Waals surface area contributed by atoms with Gasteiger partial charge in [-0.3, -0.25) is 4.90 Å². The summed E-state index contributed by atoms with van der Waals surface area (Å²) >= 11 is 1.74. The lowest BCUT2D eigenvalue weighted by Crippen LogP contribution is -2.17. The minimum absolute atomic E-state index is 0.125. The van der Waals surface area contributed by atoms with E-state index in [9.17, 15) is 0 Å². The number of hydrogen-bond acceptors (Lipinski definition) is 3. The van der Waals surface area contributed by atoms with Crippen LogP contribution in [0.1, 0.15) is 28.0 Å². The molecule has 110 valence electrons. The van der Waals surface area contributed by atoms with E-state index in [1.54, 1.807) is 11.3 Å². The minimum Gasteiger partial charge on any atom is -0.395 e. The van der Waals surface area contributed by atoms with Gasteiger partial charge in [0.05, 0.1) is 6.61 Å². The molecule has 1 N–H and O–H groups in total. The van der Waals surface area contributed by atoms with E-state index in [1.165, 1.54) is 16.0 Å². The largest absolute Gasteiger partial charge is 0.395 e. The monoisotopic (exact) mass is 299 g/mol. The van der Waals surface area contributed by atoms with Gasteiger partial charge in [0.2, 0.25) is 0 Å². The summed E-state index contributed by atoms with van der Waals surface area (Å²) < 4.78 is 0. The van der Waals surface area contributed by atoms with E-state index in [-0.39, 0.29) is 6.61 Å². The van der Waals surface area contributed by atoms with Gasteiger partial charge in [0.1, 0.15) is 0 Å². The van der Waals surface area contributed by atoms with Crippen LogP contribution >= 0.6 is 11.3 Å². The van der Waals surface area contributed by atoms with E-state index in [1.807, 2.05) is 0 Å². The summed E-state index contributed by atoms with van der Waals surface area (Å²) in [5.41, 5.74) is 3.72. The molecule has 0 aliphatic rings. The fourth-order valence-electron chi connectivity index (χ4n) is 2.21. The van der Waals surface area contributed by atoms with Gasteiger partial charge in [-0.05, 0) is 31.0 Å². The van der Waals surface area contributed by atoms with Crippen molar-refractivity contribution >= 4 is 11.3 Å². The molecule has 0 atom stereocenters. The van der Waals surface area contributed by atoms with Gasteiger partial charge in [-0.2, -0.15) is 0 Å². The maximum atomic E-state index is 8.79. The SMILES string of the molecule is Cc1cccc(CN(C)Cc2sccc2C#CCCO)c1. The Kier molecular flexibility index (Phi) is 6.01. The van der Waals surface area contributed by atoms with Crippen LogP contribution in [0.15, 0.2) is 35.7 Å². The molecule has 0 aliphatic carbocycles. The third-order valence-electron chi connectivity index (χ3n) is 3.15. The molecule has 0 saturated carbocycles. The molecule has 1 aromatic heterocycles. The van der Waals surface area contributed by atoms with Crippen LogP contribution in [0.25, 0.3) is 0 Å². The Morgan fingerprint density at radius 3 is 2.86 bits per heavy atom. The smallest absolute Gasteiger partial charge is 0.0540 e. The average Bonchev–Trinajstić information content (AvgIpc) is 2.86. The number of thiophene rings is 1. The lowest BCUT2D eigenvalue weighted by atomic mass is 10.1. The first-order valence-corrected chi connectivity index (χ1v) is 7.97. The van der Waals surface area contributed by atoms with Crippen molar-refractivity contribution in [2.75, 3.05) is 13.7 Å². The van der Waals surface area contributed by atoms with Gasteiger partial charge in [-0.1, -0.05) is 41.7 Å². The Morgan fingerprint density at radius 2 is 2.10 bits per heavy atom. The number of hydrogen-bond donors (Lipinski definition) is 1. The molecule has 0 bridgehead atoms. The molecule has 2 nitrogen and oxygen atoms in total. The molecule has 0 aliphatic heterocycles. The third-order valence-corrected chi connectivity index (χ3v) is 4.06. The van der Waals surface area contributed by atoms with E-state index in [4.69, 9.17) is 5.11 Å². The summed E-state index contributed by atoms with van der Waals surface area (Å²) in [7, 11) is 2.13. The number of benzene rings is 1. The third kappa shape index (κ3) is 5.02. The Balaban J connectivity index is 1.99. The van der Waals surface area contributed by atoms with Crippen molar-refractivity contribution in [2.45, 2.75) is 26.4 Å². The van der Waals surface area contributed by atoms with Crippen molar-refractivity contribution in [2.24, 2.45) is 0 Å². The van der Waals surface area contributed by atoms with Crippen molar-refractivity contribution in [3.8, 4) is 11.8 Å². The molecular formula is C18H21NOS. The van der Waals surface area contributed by atoms with Crippen LogP contribution in [0.2, 0.25) is 0 Å². The number of aliphatic hydroxyl groups is 1. The summed E-state index contributed by atoms with van der Waals surface area (Å²) in [5.74, 6) is 6.14. The Labute approximate surface area is 131 Å². The second-order valence-corrected chi connectivity index (χ2v) is 6.19. The predicted octanol–water partition coefficient (Wildman–Crippen LogP) is 3.42. The highest BCUT2D eigenvalue weighted by Gasteiger charge is 2.07. The summed E-state index contributed by atoms with van der Waals surface area (Å²) in [5, 5.41) is 10.9. The molecule has 0 unspecified atom stereocenters. The maximum absolute atomic E-state index is 8.79. The molecule has 0 amide bonds. The number of aliphatic hydroxyl groups excluding tert-OH is 1. The number of aryl methyl sites for hydroxylation is 1. The first-order valence-electron chi connectivity index (χ1n) is 7.09. The van der Waals surface area contributed by atoms with Crippen LogP contribution in [0, 0.1) is 18.8 Å². The van der Waals surface area contributed by atoms with E-state index in [0.717, 1.165) is 18.7 Å². The second-order valence-electron chi connectivity index (χ2n) is 5.19. The van der Waals surface area contributed by atoms with Crippen LogP contribution in [0.5, 0.6) is 0 Å². The lowest BCUT2D eigenvalue weighted by Gasteiger charge is -2.16. The maximum Gasteiger partial charge on any atom is 0.0540 e. The molecule has 2 rings (SSSR count). The van der Waals surface area contributed by atoms with Gasteiger partial charge in [0, 0.05) is 30.0 Å². The van der Waals surface area contributed by atoms with Crippen molar-refractivity contribution in [1.29, 1.82) is 0 Å². The van der Waals surface area contributed by atoms with Crippen LogP contribution in [0.3, 0.4) is 0 Å². The van der Waals surface area contributed by atoms with Crippen LogP contribution < -0.4 is 0 Å². The van der Waals surface area contributed by atoms with E-state index in [2.05, 4.69) is 66.4 Å². The standard InChI is InChI=1S/C18H21NOS/c1-15-6-5-7-16(12-15)13-19(2)14-18-17(9-11-21-18)8-3-4-10-20/h5-7,9,11-12,20H,4,10,13-14H2,1-2H3. The van der Waals surface area contributed by atoms with Crippen molar-refractivity contribution in [3.63, 3.8) is 0 Å². The van der Waals surface area contributed by atoms with Gasteiger partial charge in [0.25, 0.3) is 0 Å². The van der Waals surface area contributed by atoms with E-state index >= 15 is 0 Å². The van der Waals surface area contributed by atoms with Gasteiger partial charge in [-0.15, -0.1) is 11.3 Å². The molecule has 2 aromatic rings. The number of nitrogens with zero attached hydrogens (tertiary/aromatic N) is 1. The van der Waals surface area contributed by atoms with Crippen molar-refractivity contribution in [1.82, 2.24) is 4.90 Å². The summed E-state index contributed by atoms with van der Waals surface area (Å²) in [6.45, 7) is 4.08. The average molecular weight is 299 g/mol.